The summed E-state index contributed by atoms with van der Waals surface area (Å²) >= 11 is 0. The zero-order valence-electron chi connectivity index (χ0n) is 60.9. The van der Waals surface area contributed by atoms with Gasteiger partial charge in [0.25, 0.3) is 0 Å². The van der Waals surface area contributed by atoms with Crippen LogP contribution in [0.5, 0.6) is 11.5 Å². The van der Waals surface area contributed by atoms with E-state index in [9.17, 15) is 36.7 Å². The number of H-pyrrole nitrogens is 2. The maximum atomic E-state index is 14.0. The number of aliphatic imine (C=N–C) groups is 2. The molecule has 4 fully saturated rings. The van der Waals surface area contributed by atoms with E-state index >= 15 is 0 Å². The molecule has 4 N–H and O–H groups in total. The minimum Gasteiger partial charge on any atom is -0.488 e. The number of imidazole rings is 2. The van der Waals surface area contributed by atoms with E-state index in [2.05, 4.69) is 120 Å². The number of nitrogens with one attached hydrogen (secondary N) is 4. The molecule has 10 atom stereocenters. The van der Waals surface area contributed by atoms with Crippen molar-refractivity contribution in [1.29, 1.82) is 0 Å². The smallest absolute Gasteiger partial charge is 0.407 e. The number of fused-ring (bicyclic) bond motifs is 12. The third-order valence-electron chi connectivity index (χ3n) is 23.1. The average molecular weight is 1450 g/mol. The Morgan fingerprint density at radius 1 is 0.566 bits per heavy atom. The molecule has 24 heteroatoms. The van der Waals surface area contributed by atoms with E-state index in [0.29, 0.717) is 43.5 Å². The number of rotatable bonds is 18. The van der Waals surface area contributed by atoms with Crippen LogP contribution in [0.2, 0.25) is 0 Å². The first-order chi connectivity index (χ1) is 51.1. The molecule has 2 aliphatic carbocycles. The number of methoxy groups -OCH3 is 2. The zero-order valence-corrected chi connectivity index (χ0v) is 60.9. The summed E-state index contributed by atoms with van der Waals surface area (Å²) < 4.78 is 82.5. The molecule has 0 bridgehead atoms. The summed E-state index contributed by atoms with van der Waals surface area (Å²) in [5.74, 6) is 3.65. The molecule has 6 aliphatic heterocycles. The number of likely N-dealkylation sites (tertiary alicyclic amines) is 2. The number of hydrogen-bond acceptors (Lipinski definition) is 14. The van der Waals surface area contributed by atoms with Crippen LogP contribution in [0, 0.1) is 35.5 Å². The minimum atomic E-state index is -2.94. The Bertz CT molecular complexity index is 4780. The molecule has 106 heavy (non-hydrogen) atoms. The van der Waals surface area contributed by atoms with Crippen LogP contribution in [0.25, 0.3) is 66.3 Å². The maximum absolute atomic E-state index is 14.0. The molecular formula is C82H90F4N10O10. The van der Waals surface area contributed by atoms with Crippen molar-refractivity contribution in [2.45, 2.75) is 175 Å². The van der Waals surface area contributed by atoms with Crippen molar-refractivity contribution < 1.29 is 65.2 Å². The van der Waals surface area contributed by atoms with Gasteiger partial charge in [-0.1, -0.05) is 77.4 Å². The van der Waals surface area contributed by atoms with Crippen LogP contribution in [-0.2, 0) is 54.6 Å². The minimum absolute atomic E-state index is 0.0120. The first-order valence-electron chi connectivity index (χ1n) is 37.2. The molecule has 0 radical (unpaired) electrons. The van der Waals surface area contributed by atoms with E-state index in [1.807, 2.05) is 44.0 Å². The summed E-state index contributed by atoms with van der Waals surface area (Å²) in [5, 5.41) is 9.94. The Morgan fingerprint density at radius 2 is 1.10 bits per heavy atom. The second-order valence-corrected chi connectivity index (χ2v) is 30.7. The molecule has 8 heterocycles. The number of nitrogens with zero attached hydrogens (tertiary/aromatic N) is 6. The number of carbonyl (C=O) groups is 4. The van der Waals surface area contributed by atoms with Crippen molar-refractivity contribution >= 4 is 68.3 Å². The molecule has 2 aromatic heterocycles. The Balaban J connectivity index is 0.000000184. The second-order valence-electron chi connectivity index (χ2n) is 30.7. The topological polar surface area (TPSA) is 236 Å². The Labute approximate surface area is 612 Å². The molecule has 8 aliphatic rings. The molecule has 0 spiro atoms. The van der Waals surface area contributed by atoms with Gasteiger partial charge in [0, 0.05) is 59.8 Å². The summed E-state index contributed by atoms with van der Waals surface area (Å²) in [6.07, 6.45) is 12.2. The number of aromatic nitrogens is 4. The van der Waals surface area contributed by atoms with Gasteiger partial charge in [-0.2, -0.15) is 17.6 Å². The van der Waals surface area contributed by atoms with Gasteiger partial charge in [-0.05, 0) is 202 Å². The van der Waals surface area contributed by atoms with E-state index in [0.717, 1.165) is 140 Å². The lowest BCUT2D eigenvalue weighted by atomic mass is 9.90. The van der Waals surface area contributed by atoms with Gasteiger partial charge in [0.1, 0.15) is 48.4 Å². The fraction of sp³-hybridized carbons (Fsp3) is 0.463. The summed E-state index contributed by atoms with van der Waals surface area (Å²) in [6.45, 7) is 7.06. The number of aromatic amines is 2. The monoisotopic (exact) mass is 1450 g/mol. The van der Waals surface area contributed by atoms with Crippen molar-refractivity contribution in [3.05, 3.63) is 131 Å². The lowest BCUT2D eigenvalue weighted by Gasteiger charge is -2.33. The SMILES string of the molecule is COC(=O)N[C@H](C(=O)N1C[C@@H](COC(F)F)C[C@H]1c1ncc(-c2ccc3c(c2)COc2cc4c5c(ccc4cc2-3)N=C([C@@H]2CC[C@H](C)N2C(=O)[C@@H](NC(=O)OC)C(C)C)C5)[nH]1)C(C)C.C[C@H]1CC[C@@H](C2=Nc3ccc4cc5c(cc4c3C2)OCc2cc(-c3cnc([C@H]4CC[C@@H](COC(F)F)C4)[nH]3)ccc2-5)C1. The van der Waals surface area contributed by atoms with E-state index in [4.69, 9.17) is 28.9 Å². The van der Waals surface area contributed by atoms with Crippen molar-refractivity contribution in [3.8, 4) is 56.3 Å². The average Bonchev–Trinajstić information content (AvgIpc) is 1.42. The number of hydrogen-bond donors (Lipinski definition) is 4. The molecule has 0 unspecified atom stereocenters. The summed E-state index contributed by atoms with van der Waals surface area (Å²) in [5.41, 5.74) is 16.8. The number of alkyl carbamates (subject to hydrolysis) is 2. The third-order valence-corrected chi connectivity index (χ3v) is 23.1. The van der Waals surface area contributed by atoms with E-state index < -0.39 is 43.5 Å². The van der Waals surface area contributed by atoms with E-state index in [-0.39, 0.29) is 73.2 Å². The van der Waals surface area contributed by atoms with Crippen molar-refractivity contribution in [2.75, 3.05) is 34.0 Å². The maximum Gasteiger partial charge on any atom is 0.407 e. The van der Waals surface area contributed by atoms with Crippen LogP contribution in [0.3, 0.4) is 0 Å². The fourth-order valence-electron chi connectivity index (χ4n) is 17.5. The number of ether oxygens (including phenoxy) is 6. The third kappa shape index (κ3) is 14.3. The largest absolute Gasteiger partial charge is 0.488 e. The number of alkyl halides is 4. The molecule has 8 aromatic rings. The van der Waals surface area contributed by atoms with Gasteiger partial charge in [-0.3, -0.25) is 19.6 Å². The highest BCUT2D eigenvalue weighted by molar-refractivity contribution is 6.08. The van der Waals surface area contributed by atoms with Gasteiger partial charge in [-0.25, -0.2) is 19.6 Å². The van der Waals surface area contributed by atoms with Gasteiger partial charge in [0.15, 0.2) is 0 Å². The summed E-state index contributed by atoms with van der Waals surface area (Å²) in [4.78, 5) is 82.2. The molecule has 4 amide bonds. The number of benzene rings is 6. The van der Waals surface area contributed by atoms with Crippen molar-refractivity contribution in [2.24, 2.45) is 45.5 Å². The quantitative estimate of drug-likeness (QED) is 0.0587. The number of amides is 4. The Hall–Kier alpha value is -9.68. The van der Waals surface area contributed by atoms with Gasteiger partial charge < -0.3 is 58.8 Å². The van der Waals surface area contributed by atoms with E-state index in [1.165, 1.54) is 61.1 Å². The fourth-order valence-corrected chi connectivity index (χ4v) is 17.5. The normalized spacial score (nSPS) is 22.4. The standard InChI is InChI=1S/C47H55F2N7O8.C35H35F2N3O2/c1-23(2)40(53-46(59)61-6)43(57)55-20-26(21-64-45(48)49)14-38(55)42-50-19-36(52-42)28-9-11-30-29(15-28)22-63-39-18-31-27(16-33(30)39)10-12-34-32(31)17-35(51-34)37-13-8-25(5)56(37)44(58)41(24(3)4)54-47(60)62-7;1-19-2-4-22(10-19)31-14-28-27-15-33-29(13-21(27)7-9-30(28)39-31)26-8-6-23(12-25(26)18-41-33)32-16-38-34(40-32)24-5-3-20(11-24)17-42-35(36)37/h9-12,15-16,18-19,23-26,37-38,40-41,45H,8,13-14,17,20-22H2,1-7H3,(H,50,52)(H,53,59)(H,54,60);6-9,12-13,15-16,19-20,22,24,35H,2-5,10-11,14,17-18H2,1H3,(H,38,40)/t25-,26-,37-,38-,40-,41-;19-,20+,22+,24-/m00/s1. The van der Waals surface area contributed by atoms with Gasteiger partial charge in [-0.15, -0.1) is 0 Å². The zero-order chi connectivity index (χ0) is 73.9. The van der Waals surface area contributed by atoms with Crippen LogP contribution in [0.4, 0.5) is 38.5 Å². The molecule has 556 valence electrons. The molecule has 20 nitrogen and oxygen atoms in total. The Morgan fingerprint density at radius 3 is 1.66 bits per heavy atom. The van der Waals surface area contributed by atoms with Crippen LogP contribution in [-0.4, -0.2) is 137 Å². The van der Waals surface area contributed by atoms with Crippen LogP contribution < -0.4 is 20.1 Å². The highest BCUT2D eigenvalue weighted by atomic mass is 19.3. The summed E-state index contributed by atoms with van der Waals surface area (Å²) in [6, 6.07) is 27.5. The lowest BCUT2D eigenvalue weighted by molar-refractivity contribution is -0.140. The highest BCUT2D eigenvalue weighted by Crippen LogP contribution is 2.49. The molecule has 6 aromatic carbocycles. The summed E-state index contributed by atoms with van der Waals surface area (Å²) in [7, 11) is 2.51. The molecular weight excluding hydrogens is 1360 g/mol. The molecule has 2 saturated heterocycles. The van der Waals surface area contributed by atoms with Gasteiger partial charge in [0.2, 0.25) is 11.8 Å². The highest BCUT2D eigenvalue weighted by Gasteiger charge is 2.45. The van der Waals surface area contributed by atoms with Crippen molar-refractivity contribution in [1.82, 2.24) is 40.4 Å². The first kappa shape index (κ1) is 71.9. The van der Waals surface area contributed by atoms with Crippen LogP contribution >= 0.6 is 0 Å². The number of halogens is 4. The molecule has 16 rings (SSSR count). The van der Waals surface area contributed by atoms with Gasteiger partial charge >= 0.3 is 25.4 Å². The predicted octanol–water partition coefficient (Wildman–Crippen LogP) is 16.7. The van der Waals surface area contributed by atoms with Crippen molar-refractivity contribution in [3.63, 3.8) is 0 Å². The second kappa shape index (κ2) is 29.9. The predicted molar refractivity (Wildman–Crippen MR) is 395 cm³/mol. The van der Waals surface area contributed by atoms with Crippen LogP contribution in [0.1, 0.15) is 145 Å². The first-order valence-corrected chi connectivity index (χ1v) is 37.2. The molecule has 2 saturated carbocycles. The Kier molecular flexibility index (Phi) is 20.3. The lowest BCUT2D eigenvalue weighted by Crippen LogP contribution is -2.55. The van der Waals surface area contributed by atoms with Gasteiger partial charge in [0.05, 0.1) is 74.7 Å². The van der Waals surface area contributed by atoms with Crippen LogP contribution in [0.15, 0.2) is 107 Å². The van der Waals surface area contributed by atoms with E-state index in [1.54, 1.807) is 24.9 Å². The number of carbonyl (C=O) groups excluding carboxylic acids is 4.